The Morgan fingerprint density at radius 2 is 1.71 bits per heavy atom. The quantitative estimate of drug-likeness (QED) is 0.642. The third kappa shape index (κ3) is 6.36. The fourth-order valence-corrected chi connectivity index (χ4v) is 3.71. The number of carbonyl (C=O) groups is 1. The number of ether oxygens (including phenoxy) is 2. The predicted octanol–water partition coefficient (Wildman–Crippen LogP) is 3.74. The summed E-state index contributed by atoms with van der Waals surface area (Å²) in [4.78, 5) is 14.7. The summed E-state index contributed by atoms with van der Waals surface area (Å²) in [5, 5.41) is 0. The van der Waals surface area contributed by atoms with Gasteiger partial charge in [-0.15, -0.1) is 0 Å². The first-order valence-corrected chi connectivity index (χ1v) is 9.93. The fourth-order valence-electron chi connectivity index (χ4n) is 3.71. The molecule has 0 atom stereocenters. The van der Waals surface area contributed by atoms with E-state index in [1.807, 2.05) is 0 Å². The number of rotatable bonds is 9. The molecule has 1 saturated heterocycles. The summed E-state index contributed by atoms with van der Waals surface area (Å²) in [7, 11) is 0. The molecule has 0 radical (unpaired) electrons. The van der Waals surface area contributed by atoms with Gasteiger partial charge in [-0.1, -0.05) is 13.8 Å². The molecule has 2 rings (SSSR count). The molecule has 0 spiro atoms. The van der Waals surface area contributed by atoms with Gasteiger partial charge in [0.25, 0.3) is 0 Å². The van der Waals surface area contributed by atoms with Gasteiger partial charge in [0.2, 0.25) is 5.91 Å². The molecule has 0 bridgehead atoms. The molecule has 1 amide bonds. The number of hydrogen-bond donors (Lipinski definition) is 0. The highest BCUT2D eigenvalue weighted by molar-refractivity contribution is 5.79. The van der Waals surface area contributed by atoms with Crippen LogP contribution in [0.1, 0.15) is 59.8 Å². The van der Waals surface area contributed by atoms with Crippen molar-refractivity contribution >= 4 is 5.91 Å². The largest absolute Gasteiger partial charge is 0.381 e. The SMILES string of the molecule is CC(C)COCC1CCC(C(=O)N2CC(CCOC(C)C)C2)CC1. The normalized spacial score (nSPS) is 25.3. The van der Waals surface area contributed by atoms with Crippen LogP contribution in [0.15, 0.2) is 0 Å². The van der Waals surface area contributed by atoms with E-state index in [0.717, 1.165) is 65.0 Å². The van der Waals surface area contributed by atoms with Crippen molar-refractivity contribution in [2.45, 2.75) is 65.9 Å². The Labute approximate surface area is 148 Å². The maximum atomic E-state index is 12.6. The maximum Gasteiger partial charge on any atom is 0.225 e. The topological polar surface area (TPSA) is 38.8 Å². The van der Waals surface area contributed by atoms with Gasteiger partial charge >= 0.3 is 0 Å². The van der Waals surface area contributed by atoms with Gasteiger partial charge in [-0.3, -0.25) is 4.79 Å². The van der Waals surface area contributed by atoms with E-state index in [2.05, 4.69) is 32.6 Å². The lowest BCUT2D eigenvalue weighted by molar-refractivity contribution is -0.144. The number of likely N-dealkylation sites (tertiary alicyclic amines) is 1. The summed E-state index contributed by atoms with van der Waals surface area (Å²) in [6.07, 6.45) is 5.78. The predicted molar refractivity (Wildman–Crippen MR) is 96.9 cm³/mol. The van der Waals surface area contributed by atoms with E-state index < -0.39 is 0 Å². The van der Waals surface area contributed by atoms with E-state index in [1.54, 1.807) is 0 Å². The van der Waals surface area contributed by atoms with Crippen molar-refractivity contribution in [2.24, 2.45) is 23.7 Å². The van der Waals surface area contributed by atoms with Crippen molar-refractivity contribution in [3.63, 3.8) is 0 Å². The Morgan fingerprint density at radius 3 is 2.29 bits per heavy atom. The van der Waals surface area contributed by atoms with E-state index in [4.69, 9.17) is 9.47 Å². The lowest BCUT2D eigenvalue weighted by Gasteiger charge is -2.42. The van der Waals surface area contributed by atoms with Gasteiger partial charge in [0.15, 0.2) is 0 Å². The van der Waals surface area contributed by atoms with Crippen molar-refractivity contribution in [1.82, 2.24) is 4.90 Å². The average Bonchev–Trinajstić information content (AvgIpc) is 2.49. The highest BCUT2D eigenvalue weighted by Crippen LogP contribution is 2.32. The second kappa shape index (κ2) is 9.76. The third-order valence-corrected chi connectivity index (χ3v) is 5.25. The zero-order valence-electron chi connectivity index (χ0n) is 16.1. The summed E-state index contributed by atoms with van der Waals surface area (Å²) >= 11 is 0. The summed E-state index contributed by atoms with van der Waals surface area (Å²) in [6.45, 7) is 13.0. The van der Waals surface area contributed by atoms with Crippen LogP contribution in [-0.2, 0) is 14.3 Å². The molecule has 0 aromatic carbocycles. The molecule has 140 valence electrons. The number of nitrogens with zero attached hydrogens (tertiary/aromatic N) is 1. The van der Waals surface area contributed by atoms with Gasteiger partial charge < -0.3 is 14.4 Å². The van der Waals surface area contributed by atoms with E-state index in [0.29, 0.717) is 29.8 Å². The monoisotopic (exact) mass is 339 g/mol. The van der Waals surface area contributed by atoms with Crippen LogP contribution in [0.4, 0.5) is 0 Å². The summed E-state index contributed by atoms with van der Waals surface area (Å²) in [5.74, 6) is 2.57. The van der Waals surface area contributed by atoms with Crippen molar-refractivity contribution < 1.29 is 14.3 Å². The first kappa shape index (κ1) is 19.7. The van der Waals surface area contributed by atoms with Crippen LogP contribution in [0.5, 0.6) is 0 Å². The number of carbonyl (C=O) groups excluding carboxylic acids is 1. The van der Waals surface area contributed by atoms with Crippen LogP contribution >= 0.6 is 0 Å². The zero-order valence-corrected chi connectivity index (χ0v) is 16.1. The highest BCUT2D eigenvalue weighted by atomic mass is 16.5. The molecule has 4 nitrogen and oxygen atoms in total. The molecule has 4 heteroatoms. The first-order chi connectivity index (χ1) is 11.5. The van der Waals surface area contributed by atoms with Gasteiger partial charge in [-0.05, 0) is 63.7 Å². The third-order valence-electron chi connectivity index (χ3n) is 5.25. The standard InChI is InChI=1S/C20H37NO3/c1-15(2)13-23-14-17-5-7-19(8-6-17)20(22)21-11-18(12-21)9-10-24-16(3)4/h15-19H,5-14H2,1-4H3. The van der Waals surface area contributed by atoms with Gasteiger partial charge in [0.05, 0.1) is 6.10 Å². The lowest BCUT2D eigenvalue weighted by Crippen LogP contribution is -2.52. The van der Waals surface area contributed by atoms with Gasteiger partial charge in [-0.25, -0.2) is 0 Å². The Kier molecular flexibility index (Phi) is 8.02. The molecule has 0 aromatic rings. The number of hydrogen-bond acceptors (Lipinski definition) is 3. The van der Waals surface area contributed by atoms with Crippen LogP contribution in [0.2, 0.25) is 0 Å². The molecule has 24 heavy (non-hydrogen) atoms. The van der Waals surface area contributed by atoms with Crippen LogP contribution in [-0.4, -0.2) is 49.8 Å². The van der Waals surface area contributed by atoms with Gasteiger partial charge in [0.1, 0.15) is 0 Å². The Bertz CT molecular complexity index is 369. The van der Waals surface area contributed by atoms with Crippen molar-refractivity contribution in [1.29, 1.82) is 0 Å². The average molecular weight is 340 g/mol. The van der Waals surface area contributed by atoms with Crippen LogP contribution < -0.4 is 0 Å². The Hall–Kier alpha value is -0.610. The zero-order chi connectivity index (χ0) is 17.5. The van der Waals surface area contributed by atoms with Crippen molar-refractivity contribution in [3.05, 3.63) is 0 Å². The highest BCUT2D eigenvalue weighted by Gasteiger charge is 2.35. The molecule has 1 aliphatic carbocycles. The molecule has 0 unspecified atom stereocenters. The fraction of sp³-hybridized carbons (Fsp3) is 0.950. The molecule has 2 aliphatic rings. The first-order valence-electron chi connectivity index (χ1n) is 9.93. The van der Waals surface area contributed by atoms with E-state index in [-0.39, 0.29) is 5.92 Å². The van der Waals surface area contributed by atoms with E-state index in [1.165, 1.54) is 0 Å². The molecule has 1 heterocycles. The molecular formula is C20H37NO3. The van der Waals surface area contributed by atoms with Gasteiger partial charge in [0, 0.05) is 38.8 Å². The molecule has 1 saturated carbocycles. The smallest absolute Gasteiger partial charge is 0.225 e. The van der Waals surface area contributed by atoms with E-state index in [9.17, 15) is 4.79 Å². The summed E-state index contributed by atoms with van der Waals surface area (Å²) < 4.78 is 11.4. The van der Waals surface area contributed by atoms with E-state index >= 15 is 0 Å². The van der Waals surface area contributed by atoms with Crippen molar-refractivity contribution in [3.8, 4) is 0 Å². The second-order valence-corrected chi connectivity index (χ2v) is 8.47. The minimum atomic E-state index is 0.263. The minimum absolute atomic E-state index is 0.263. The Balaban J connectivity index is 1.57. The summed E-state index contributed by atoms with van der Waals surface area (Å²) in [6, 6.07) is 0. The second-order valence-electron chi connectivity index (χ2n) is 8.47. The molecule has 0 aromatic heterocycles. The van der Waals surface area contributed by atoms with Crippen LogP contribution in [0.25, 0.3) is 0 Å². The van der Waals surface area contributed by atoms with Crippen LogP contribution in [0.3, 0.4) is 0 Å². The van der Waals surface area contributed by atoms with Crippen LogP contribution in [0, 0.1) is 23.7 Å². The molecule has 2 fully saturated rings. The molecule has 0 N–H and O–H groups in total. The summed E-state index contributed by atoms with van der Waals surface area (Å²) in [5.41, 5.74) is 0. The molecule has 1 aliphatic heterocycles. The van der Waals surface area contributed by atoms with Gasteiger partial charge in [-0.2, -0.15) is 0 Å². The number of amides is 1. The molecular weight excluding hydrogens is 302 g/mol. The minimum Gasteiger partial charge on any atom is -0.381 e. The lowest BCUT2D eigenvalue weighted by atomic mass is 9.81. The van der Waals surface area contributed by atoms with Crippen molar-refractivity contribution in [2.75, 3.05) is 32.9 Å². The Morgan fingerprint density at radius 1 is 1.04 bits per heavy atom. The maximum absolute atomic E-state index is 12.6.